The molecule has 0 aliphatic heterocycles. The fourth-order valence-electron chi connectivity index (χ4n) is 1.09. The normalized spacial score (nSPS) is 10.9. The molecule has 1 aromatic rings. The molecule has 0 aliphatic carbocycles. The Bertz CT molecular complexity index is 218. The van der Waals surface area contributed by atoms with Crippen molar-refractivity contribution >= 4 is 15.9 Å². The Balaban J connectivity index is 2.78. The molecule has 0 amide bonds. The number of hydrogen-bond donors (Lipinski definition) is 0. The first-order chi connectivity index (χ1) is 5.25. The van der Waals surface area contributed by atoms with Crippen molar-refractivity contribution in [2.24, 2.45) is 0 Å². The number of imidazole rings is 1. The van der Waals surface area contributed by atoms with Crippen LogP contribution in [0.4, 0.5) is 0 Å². The molecule has 3 heteroatoms. The van der Waals surface area contributed by atoms with E-state index in [4.69, 9.17) is 0 Å². The molecule has 1 rings (SSSR count). The molecule has 11 heavy (non-hydrogen) atoms. The van der Waals surface area contributed by atoms with Crippen LogP contribution in [0.1, 0.15) is 25.6 Å². The van der Waals surface area contributed by atoms with Gasteiger partial charge < -0.3 is 4.57 Å². The Labute approximate surface area is 75.8 Å². The van der Waals surface area contributed by atoms with Crippen molar-refractivity contribution in [2.45, 2.75) is 26.3 Å². The summed E-state index contributed by atoms with van der Waals surface area (Å²) < 4.78 is 2.20. The van der Waals surface area contributed by atoms with Crippen LogP contribution in [0.15, 0.2) is 12.5 Å². The summed E-state index contributed by atoms with van der Waals surface area (Å²) in [5.41, 5.74) is 1.30. The Morgan fingerprint density at radius 2 is 2.36 bits per heavy atom. The molecule has 0 radical (unpaired) electrons. The maximum absolute atomic E-state index is 4.10. The minimum atomic E-state index is 0.520. The quantitative estimate of drug-likeness (QED) is 0.711. The van der Waals surface area contributed by atoms with Crippen LogP contribution in [-0.4, -0.2) is 14.9 Å². The van der Waals surface area contributed by atoms with Gasteiger partial charge in [0.05, 0.1) is 6.33 Å². The summed E-state index contributed by atoms with van der Waals surface area (Å²) in [7, 11) is 0. The van der Waals surface area contributed by atoms with Gasteiger partial charge in [-0.15, -0.1) is 0 Å². The Hall–Kier alpha value is -0.310. The smallest absolute Gasteiger partial charge is 0.0950 e. The van der Waals surface area contributed by atoms with E-state index in [2.05, 4.69) is 39.3 Å². The standard InChI is InChI=1S/C8H13BrN2/c1-7(2)11-6-10-5-8(11)3-4-9/h5-7H,3-4H2,1-2H3. The monoisotopic (exact) mass is 216 g/mol. The van der Waals surface area contributed by atoms with Crippen molar-refractivity contribution in [1.29, 1.82) is 0 Å². The Morgan fingerprint density at radius 3 is 2.91 bits per heavy atom. The second-order valence-electron chi connectivity index (χ2n) is 2.82. The number of alkyl halides is 1. The third kappa shape index (κ3) is 2.06. The zero-order valence-electron chi connectivity index (χ0n) is 6.92. The van der Waals surface area contributed by atoms with Gasteiger partial charge in [0.15, 0.2) is 0 Å². The van der Waals surface area contributed by atoms with Gasteiger partial charge >= 0.3 is 0 Å². The zero-order chi connectivity index (χ0) is 8.27. The highest BCUT2D eigenvalue weighted by molar-refractivity contribution is 9.09. The van der Waals surface area contributed by atoms with E-state index in [1.165, 1.54) is 5.69 Å². The highest BCUT2D eigenvalue weighted by atomic mass is 79.9. The predicted molar refractivity (Wildman–Crippen MR) is 50.1 cm³/mol. The minimum absolute atomic E-state index is 0.520. The fraction of sp³-hybridized carbons (Fsp3) is 0.625. The topological polar surface area (TPSA) is 17.8 Å². The van der Waals surface area contributed by atoms with E-state index in [9.17, 15) is 0 Å². The fourth-order valence-corrected chi connectivity index (χ4v) is 1.49. The van der Waals surface area contributed by atoms with Crippen molar-refractivity contribution in [3.8, 4) is 0 Å². The molecular formula is C8H13BrN2. The number of halogens is 1. The molecule has 1 heterocycles. The van der Waals surface area contributed by atoms with E-state index in [1.54, 1.807) is 0 Å². The predicted octanol–water partition coefficient (Wildman–Crippen LogP) is 2.40. The second-order valence-corrected chi connectivity index (χ2v) is 3.62. The Morgan fingerprint density at radius 1 is 1.64 bits per heavy atom. The summed E-state index contributed by atoms with van der Waals surface area (Å²) in [4.78, 5) is 4.10. The summed E-state index contributed by atoms with van der Waals surface area (Å²) in [6.07, 6.45) is 4.88. The lowest BCUT2D eigenvalue weighted by molar-refractivity contribution is 0.577. The van der Waals surface area contributed by atoms with Crippen LogP contribution >= 0.6 is 15.9 Å². The first kappa shape index (κ1) is 8.78. The van der Waals surface area contributed by atoms with Gasteiger partial charge in [0.1, 0.15) is 0 Å². The largest absolute Gasteiger partial charge is 0.332 e. The molecule has 0 N–H and O–H groups in total. The molecule has 2 nitrogen and oxygen atoms in total. The van der Waals surface area contributed by atoms with E-state index in [-0.39, 0.29) is 0 Å². The van der Waals surface area contributed by atoms with Crippen molar-refractivity contribution in [1.82, 2.24) is 9.55 Å². The Kier molecular flexibility index (Phi) is 3.12. The van der Waals surface area contributed by atoms with Crippen molar-refractivity contribution in [3.63, 3.8) is 0 Å². The average molecular weight is 217 g/mol. The maximum Gasteiger partial charge on any atom is 0.0950 e. The molecular weight excluding hydrogens is 204 g/mol. The average Bonchev–Trinajstić information content (AvgIpc) is 2.36. The number of nitrogens with zero attached hydrogens (tertiary/aromatic N) is 2. The van der Waals surface area contributed by atoms with Crippen LogP contribution in [0.25, 0.3) is 0 Å². The maximum atomic E-state index is 4.10. The van der Waals surface area contributed by atoms with Crippen LogP contribution in [0.5, 0.6) is 0 Å². The number of aromatic nitrogens is 2. The van der Waals surface area contributed by atoms with Gasteiger partial charge in [0.2, 0.25) is 0 Å². The molecule has 0 bridgehead atoms. The van der Waals surface area contributed by atoms with Crippen LogP contribution < -0.4 is 0 Å². The zero-order valence-corrected chi connectivity index (χ0v) is 8.50. The van der Waals surface area contributed by atoms with Gasteiger partial charge in [-0.1, -0.05) is 15.9 Å². The molecule has 62 valence electrons. The van der Waals surface area contributed by atoms with Gasteiger partial charge in [-0.25, -0.2) is 4.98 Å². The van der Waals surface area contributed by atoms with E-state index >= 15 is 0 Å². The first-order valence-electron chi connectivity index (χ1n) is 3.82. The van der Waals surface area contributed by atoms with E-state index < -0.39 is 0 Å². The molecule has 0 saturated heterocycles. The van der Waals surface area contributed by atoms with Crippen molar-refractivity contribution in [3.05, 3.63) is 18.2 Å². The number of rotatable bonds is 3. The van der Waals surface area contributed by atoms with E-state index in [0.29, 0.717) is 6.04 Å². The number of aryl methyl sites for hydroxylation is 1. The van der Waals surface area contributed by atoms with Crippen LogP contribution in [0.2, 0.25) is 0 Å². The minimum Gasteiger partial charge on any atom is -0.332 e. The summed E-state index contributed by atoms with van der Waals surface area (Å²) in [6, 6.07) is 0.520. The van der Waals surface area contributed by atoms with Crippen LogP contribution in [0.3, 0.4) is 0 Å². The molecule has 0 aliphatic rings. The number of hydrogen-bond acceptors (Lipinski definition) is 1. The summed E-state index contributed by atoms with van der Waals surface area (Å²) in [5.74, 6) is 0. The summed E-state index contributed by atoms with van der Waals surface area (Å²) in [5, 5.41) is 1.01. The highest BCUT2D eigenvalue weighted by Crippen LogP contribution is 2.09. The molecule has 0 fully saturated rings. The first-order valence-corrected chi connectivity index (χ1v) is 4.94. The summed E-state index contributed by atoms with van der Waals surface area (Å²) in [6.45, 7) is 4.33. The third-order valence-electron chi connectivity index (χ3n) is 1.65. The van der Waals surface area contributed by atoms with Gasteiger partial charge in [-0.3, -0.25) is 0 Å². The third-order valence-corrected chi connectivity index (χ3v) is 2.05. The molecule has 0 aromatic carbocycles. The molecule has 0 spiro atoms. The van der Waals surface area contributed by atoms with Crippen LogP contribution in [-0.2, 0) is 6.42 Å². The highest BCUT2D eigenvalue weighted by Gasteiger charge is 2.02. The lowest BCUT2D eigenvalue weighted by Crippen LogP contribution is -2.04. The molecule has 0 unspecified atom stereocenters. The lowest BCUT2D eigenvalue weighted by Gasteiger charge is -2.09. The van der Waals surface area contributed by atoms with Crippen LogP contribution in [0, 0.1) is 0 Å². The van der Waals surface area contributed by atoms with Gasteiger partial charge in [0, 0.05) is 23.3 Å². The SMILES string of the molecule is CC(C)n1cncc1CCBr. The molecule has 0 saturated carbocycles. The summed E-state index contributed by atoms with van der Waals surface area (Å²) >= 11 is 3.41. The van der Waals surface area contributed by atoms with Crippen molar-refractivity contribution in [2.75, 3.05) is 5.33 Å². The molecule has 1 aromatic heterocycles. The van der Waals surface area contributed by atoms with Gasteiger partial charge in [0.25, 0.3) is 0 Å². The van der Waals surface area contributed by atoms with E-state index in [1.807, 2.05) is 12.5 Å². The van der Waals surface area contributed by atoms with E-state index in [0.717, 1.165) is 11.8 Å². The second kappa shape index (κ2) is 3.90. The van der Waals surface area contributed by atoms with Crippen molar-refractivity contribution < 1.29 is 0 Å². The van der Waals surface area contributed by atoms with Gasteiger partial charge in [-0.05, 0) is 20.3 Å². The van der Waals surface area contributed by atoms with Gasteiger partial charge in [-0.2, -0.15) is 0 Å². The molecule has 0 atom stereocenters. The lowest BCUT2D eigenvalue weighted by atomic mass is 10.3.